The fraction of sp³-hybridized carbons (Fsp3) is 0.273. The van der Waals surface area contributed by atoms with Crippen molar-refractivity contribution in [3.05, 3.63) is 71.6 Å². The molecule has 2 aromatic carbocycles. The summed E-state index contributed by atoms with van der Waals surface area (Å²) in [5.41, 5.74) is 1.25. The molecule has 0 aliphatic heterocycles. The second-order valence-corrected chi connectivity index (χ2v) is 6.53. The molecule has 4 heteroatoms. The number of esters is 1. The molecule has 1 saturated carbocycles. The van der Waals surface area contributed by atoms with Crippen molar-refractivity contribution in [3.8, 4) is 5.75 Å². The van der Waals surface area contributed by atoms with Crippen molar-refractivity contribution >= 4 is 17.8 Å². The van der Waals surface area contributed by atoms with Gasteiger partial charge in [0.25, 0.3) is 0 Å². The number of carbonyl (C=O) groups excluding carboxylic acids is 2. The minimum Gasteiger partial charge on any atom is -0.426 e. The summed E-state index contributed by atoms with van der Waals surface area (Å²) in [6, 6.07) is 12.5. The van der Waals surface area contributed by atoms with Gasteiger partial charge in [-0.25, -0.2) is 4.39 Å². The van der Waals surface area contributed by atoms with Crippen LogP contribution in [0, 0.1) is 11.7 Å². The predicted molar refractivity (Wildman–Crippen MR) is 98.4 cm³/mol. The molecule has 3 rings (SSSR count). The van der Waals surface area contributed by atoms with Crippen LogP contribution in [-0.2, 0) is 4.79 Å². The topological polar surface area (TPSA) is 43.4 Å². The van der Waals surface area contributed by atoms with Gasteiger partial charge in [0.1, 0.15) is 11.6 Å². The molecular weight excluding hydrogens is 331 g/mol. The average molecular weight is 352 g/mol. The number of rotatable bonds is 5. The van der Waals surface area contributed by atoms with Crippen LogP contribution in [0.5, 0.6) is 5.75 Å². The molecule has 0 heterocycles. The summed E-state index contributed by atoms with van der Waals surface area (Å²) in [6.07, 6.45) is 8.20. The second kappa shape index (κ2) is 8.56. The monoisotopic (exact) mass is 352 g/mol. The maximum atomic E-state index is 12.9. The Kier molecular flexibility index (Phi) is 5.95. The zero-order valence-electron chi connectivity index (χ0n) is 14.5. The third-order valence-electron chi connectivity index (χ3n) is 4.59. The molecule has 0 spiro atoms. The first kappa shape index (κ1) is 18.1. The molecule has 0 atom stereocenters. The summed E-state index contributed by atoms with van der Waals surface area (Å²) in [7, 11) is 0. The molecular formula is C22H21FO3. The van der Waals surface area contributed by atoms with E-state index >= 15 is 0 Å². The summed E-state index contributed by atoms with van der Waals surface area (Å²) in [4.78, 5) is 24.3. The zero-order chi connectivity index (χ0) is 18.4. The second-order valence-electron chi connectivity index (χ2n) is 6.53. The summed E-state index contributed by atoms with van der Waals surface area (Å²) in [5.74, 6) is -0.213. The lowest BCUT2D eigenvalue weighted by atomic mass is 9.89. The van der Waals surface area contributed by atoms with Gasteiger partial charge in [-0.2, -0.15) is 0 Å². The molecule has 26 heavy (non-hydrogen) atoms. The summed E-state index contributed by atoms with van der Waals surface area (Å²) >= 11 is 0. The highest BCUT2D eigenvalue weighted by molar-refractivity contribution is 6.06. The molecule has 1 aliphatic rings. The third kappa shape index (κ3) is 4.88. The largest absolute Gasteiger partial charge is 0.426 e. The Bertz CT molecular complexity index is 785. The fourth-order valence-electron chi connectivity index (χ4n) is 3.07. The lowest BCUT2D eigenvalue weighted by Crippen LogP contribution is -2.22. The summed E-state index contributed by atoms with van der Waals surface area (Å²) in [6.45, 7) is 0. The van der Waals surface area contributed by atoms with Gasteiger partial charge in [-0.3, -0.25) is 9.59 Å². The van der Waals surface area contributed by atoms with Gasteiger partial charge in [-0.05, 0) is 60.9 Å². The first-order chi connectivity index (χ1) is 12.6. The van der Waals surface area contributed by atoms with Crippen LogP contribution >= 0.6 is 0 Å². The van der Waals surface area contributed by atoms with E-state index in [0.29, 0.717) is 11.3 Å². The van der Waals surface area contributed by atoms with Crippen LogP contribution in [0.3, 0.4) is 0 Å². The standard InChI is InChI=1S/C22H21FO3/c23-19-11-6-16(7-12-19)8-15-21(24)17-9-13-20(14-10-17)26-22(25)18-4-2-1-3-5-18/h6-15,18H,1-5H2/b15-8+. The molecule has 0 amide bonds. The quantitative estimate of drug-likeness (QED) is 0.321. The van der Waals surface area contributed by atoms with E-state index in [9.17, 15) is 14.0 Å². The summed E-state index contributed by atoms with van der Waals surface area (Å²) in [5, 5.41) is 0. The highest BCUT2D eigenvalue weighted by Crippen LogP contribution is 2.25. The van der Waals surface area contributed by atoms with Gasteiger partial charge in [0, 0.05) is 5.56 Å². The molecule has 0 bridgehead atoms. The van der Waals surface area contributed by atoms with Crippen LogP contribution in [0.15, 0.2) is 54.6 Å². The number of allylic oxidation sites excluding steroid dienone is 1. The van der Waals surface area contributed by atoms with Gasteiger partial charge >= 0.3 is 5.97 Å². The number of carbonyl (C=O) groups is 2. The highest BCUT2D eigenvalue weighted by atomic mass is 19.1. The normalized spacial score (nSPS) is 15.1. The van der Waals surface area contributed by atoms with Crippen molar-refractivity contribution in [2.24, 2.45) is 5.92 Å². The van der Waals surface area contributed by atoms with E-state index in [4.69, 9.17) is 4.74 Å². The van der Waals surface area contributed by atoms with E-state index in [1.807, 2.05) is 0 Å². The van der Waals surface area contributed by atoms with E-state index in [2.05, 4.69) is 0 Å². The maximum Gasteiger partial charge on any atom is 0.314 e. The Morgan fingerprint density at radius 1 is 0.923 bits per heavy atom. The number of ketones is 1. The van der Waals surface area contributed by atoms with E-state index in [0.717, 1.165) is 31.2 Å². The molecule has 134 valence electrons. The highest BCUT2D eigenvalue weighted by Gasteiger charge is 2.22. The number of benzene rings is 2. The van der Waals surface area contributed by atoms with Crippen LogP contribution in [0.1, 0.15) is 48.0 Å². The first-order valence-electron chi connectivity index (χ1n) is 8.91. The first-order valence-corrected chi connectivity index (χ1v) is 8.91. The average Bonchev–Trinajstić information content (AvgIpc) is 2.68. The van der Waals surface area contributed by atoms with E-state index in [-0.39, 0.29) is 23.5 Å². The summed E-state index contributed by atoms with van der Waals surface area (Å²) < 4.78 is 18.3. The molecule has 1 aliphatic carbocycles. The minimum absolute atomic E-state index is 0.0105. The van der Waals surface area contributed by atoms with Crippen molar-refractivity contribution in [2.45, 2.75) is 32.1 Å². The van der Waals surface area contributed by atoms with Crippen LogP contribution < -0.4 is 4.74 Å². The minimum atomic E-state index is -0.313. The van der Waals surface area contributed by atoms with Gasteiger partial charge in [0.15, 0.2) is 5.78 Å². The molecule has 3 nitrogen and oxygen atoms in total. The maximum absolute atomic E-state index is 12.9. The molecule has 0 unspecified atom stereocenters. The van der Waals surface area contributed by atoms with Crippen LogP contribution in [0.2, 0.25) is 0 Å². The van der Waals surface area contributed by atoms with Crippen molar-refractivity contribution in [1.82, 2.24) is 0 Å². The molecule has 1 fully saturated rings. The Balaban J connectivity index is 1.58. The van der Waals surface area contributed by atoms with Crippen LogP contribution in [-0.4, -0.2) is 11.8 Å². The Morgan fingerprint density at radius 2 is 1.58 bits per heavy atom. The van der Waals surface area contributed by atoms with Gasteiger partial charge in [-0.15, -0.1) is 0 Å². The fourth-order valence-corrected chi connectivity index (χ4v) is 3.07. The Labute approximate surface area is 152 Å². The van der Waals surface area contributed by atoms with Crippen LogP contribution in [0.25, 0.3) is 6.08 Å². The number of ether oxygens (including phenoxy) is 1. The van der Waals surface area contributed by atoms with Crippen molar-refractivity contribution in [1.29, 1.82) is 0 Å². The lowest BCUT2D eigenvalue weighted by molar-refractivity contribution is -0.139. The molecule has 2 aromatic rings. The predicted octanol–water partition coefficient (Wildman–Crippen LogP) is 5.21. The van der Waals surface area contributed by atoms with Crippen molar-refractivity contribution in [2.75, 3.05) is 0 Å². The smallest absolute Gasteiger partial charge is 0.314 e. The zero-order valence-corrected chi connectivity index (χ0v) is 14.5. The molecule has 0 N–H and O–H groups in total. The Hall–Kier alpha value is -2.75. The number of hydrogen-bond acceptors (Lipinski definition) is 3. The van der Waals surface area contributed by atoms with Gasteiger partial charge in [-0.1, -0.05) is 37.5 Å². The lowest BCUT2D eigenvalue weighted by Gasteiger charge is -2.19. The van der Waals surface area contributed by atoms with Crippen molar-refractivity contribution < 1.29 is 18.7 Å². The number of hydrogen-bond donors (Lipinski definition) is 0. The SMILES string of the molecule is O=C(/C=C/c1ccc(F)cc1)c1ccc(OC(=O)C2CCCCC2)cc1. The van der Waals surface area contributed by atoms with Gasteiger partial charge in [0.05, 0.1) is 5.92 Å². The molecule has 0 radical (unpaired) electrons. The van der Waals surface area contributed by atoms with E-state index < -0.39 is 0 Å². The van der Waals surface area contributed by atoms with Crippen molar-refractivity contribution in [3.63, 3.8) is 0 Å². The van der Waals surface area contributed by atoms with Gasteiger partial charge < -0.3 is 4.74 Å². The van der Waals surface area contributed by atoms with E-state index in [1.165, 1.54) is 24.6 Å². The number of halogens is 1. The third-order valence-corrected chi connectivity index (χ3v) is 4.59. The molecule has 0 saturated heterocycles. The molecule has 0 aromatic heterocycles. The van der Waals surface area contributed by atoms with Crippen LogP contribution in [0.4, 0.5) is 4.39 Å². The van der Waals surface area contributed by atoms with Gasteiger partial charge in [0.2, 0.25) is 0 Å². The Morgan fingerprint density at radius 3 is 2.23 bits per heavy atom. The van der Waals surface area contributed by atoms with E-state index in [1.54, 1.807) is 42.5 Å².